The maximum absolute atomic E-state index is 15.0. The number of ether oxygens (including phenoxy) is 3. The first-order chi connectivity index (χ1) is 17.6. The molecule has 2 aromatic heterocycles. The smallest absolute Gasteiger partial charge is 0.260 e. The summed E-state index contributed by atoms with van der Waals surface area (Å²) in [5.41, 5.74) is -0.180. The Kier molecular flexibility index (Phi) is 7.55. The first-order valence-corrected chi connectivity index (χ1v) is 13.2. The lowest BCUT2D eigenvalue weighted by Crippen LogP contribution is -2.49. The van der Waals surface area contributed by atoms with Gasteiger partial charge in [-0.3, -0.25) is 4.79 Å². The van der Waals surface area contributed by atoms with Gasteiger partial charge in [-0.2, -0.15) is 0 Å². The standard InChI is InChI=1S/C27H35FN4O4/c1-2-34-24-21(6-5-14-30-24)22-7-8-23(25(31-22)36-20-9-15-29-18-20)35-19-10-16-32(17-11-19)26(33)27(28)12-3-4-13-27/h5-8,14,19-20,29H,2-4,9-13,15-18H2,1H3/t20-/m1/s1. The molecule has 0 unspecified atom stereocenters. The summed E-state index contributed by atoms with van der Waals surface area (Å²) in [5.74, 6) is 1.21. The summed E-state index contributed by atoms with van der Waals surface area (Å²) in [6, 6.07) is 7.56. The lowest BCUT2D eigenvalue weighted by atomic mass is 10.00. The van der Waals surface area contributed by atoms with Gasteiger partial charge in [0.25, 0.3) is 11.8 Å². The number of nitrogens with zero attached hydrogens (tertiary/aromatic N) is 3. The predicted molar refractivity (Wildman–Crippen MR) is 133 cm³/mol. The van der Waals surface area contributed by atoms with Crippen molar-refractivity contribution in [3.8, 4) is 28.8 Å². The number of pyridine rings is 2. The average molecular weight is 499 g/mol. The summed E-state index contributed by atoms with van der Waals surface area (Å²) >= 11 is 0. The largest absolute Gasteiger partial charge is 0.485 e. The number of carbonyl (C=O) groups excluding carboxylic acids is 1. The molecule has 9 heteroatoms. The van der Waals surface area contributed by atoms with Crippen LogP contribution < -0.4 is 19.5 Å². The Morgan fingerprint density at radius 1 is 1.11 bits per heavy atom. The van der Waals surface area contributed by atoms with Crippen LogP contribution in [0.3, 0.4) is 0 Å². The second kappa shape index (κ2) is 11.0. The summed E-state index contributed by atoms with van der Waals surface area (Å²) in [4.78, 5) is 23.6. The molecule has 1 N–H and O–H groups in total. The van der Waals surface area contributed by atoms with Gasteiger partial charge in [-0.05, 0) is 69.8 Å². The van der Waals surface area contributed by atoms with E-state index in [4.69, 9.17) is 19.2 Å². The zero-order chi connectivity index (χ0) is 25.0. The monoisotopic (exact) mass is 498 g/mol. The third kappa shape index (κ3) is 5.40. The number of likely N-dealkylation sites (tertiary alicyclic amines) is 1. The Morgan fingerprint density at radius 2 is 1.92 bits per heavy atom. The Labute approximate surface area is 211 Å². The molecule has 2 saturated heterocycles. The fourth-order valence-electron chi connectivity index (χ4n) is 5.26. The third-order valence-electron chi connectivity index (χ3n) is 7.25. The summed E-state index contributed by atoms with van der Waals surface area (Å²) in [7, 11) is 0. The van der Waals surface area contributed by atoms with Gasteiger partial charge >= 0.3 is 0 Å². The highest BCUT2D eigenvalue weighted by atomic mass is 19.1. The normalized spacial score (nSPS) is 21.9. The molecule has 2 aromatic rings. The van der Waals surface area contributed by atoms with Crippen LogP contribution in [0.25, 0.3) is 11.3 Å². The van der Waals surface area contributed by atoms with Gasteiger partial charge in [0.2, 0.25) is 5.88 Å². The van der Waals surface area contributed by atoms with Crippen LogP contribution in [0.15, 0.2) is 30.5 Å². The highest BCUT2D eigenvalue weighted by Gasteiger charge is 2.44. The predicted octanol–water partition coefficient (Wildman–Crippen LogP) is 3.94. The minimum Gasteiger partial charge on any atom is -0.485 e. The molecule has 2 aliphatic heterocycles. The van der Waals surface area contributed by atoms with E-state index in [0.29, 0.717) is 68.6 Å². The van der Waals surface area contributed by atoms with Crippen molar-refractivity contribution in [2.24, 2.45) is 0 Å². The molecule has 3 fully saturated rings. The summed E-state index contributed by atoms with van der Waals surface area (Å²) < 4.78 is 33.3. The number of rotatable bonds is 8. The van der Waals surface area contributed by atoms with Crippen LogP contribution in [-0.2, 0) is 4.79 Å². The molecule has 0 aromatic carbocycles. The van der Waals surface area contributed by atoms with E-state index in [1.807, 2.05) is 31.2 Å². The molecule has 4 heterocycles. The average Bonchev–Trinajstić information content (AvgIpc) is 3.58. The molecule has 0 radical (unpaired) electrons. The quantitative estimate of drug-likeness (QED) is 0.590. The van der Waals surface area contributed by atoms with Gasteiger partial charge < -0.3 is 24.4 Å². The van der Waals surface area contributed by atoms with Crippen molar-refractivity contribution in [1.82, 2.24) is 20.2 Å². The SMILES string of the molecule is CCOc1ncccc1-c1ccc(OC2CCN(C(=O)C3(F)CCCC3)CC2)c(O[C@@H]2CCNC2)n1. The van der Waals surface area contributed by atoms with Crippen molar-refractivity contribution in [2.75, 3.05) is 32.8 Å². The minimum absolute atomic E-state index is 0.0157. The zero-order valence-corrected chi connectivity index (χ0v) is 20.9. The van der Waals surface area contributed by atoms with Crippen molar-refractivity contribution in [3.05, 3.63) is 30.5 Å². The van der Waals surface area contributed by atoms with E-state index in [2.05, 4.69) is 10.3 Å². The number of piperidine rings is 1. The van der Waals surface area contributed by atoms with Gasteiger partial charge in [0.05, 0.1) is 17.9 Å². The third-order valence-corrected chi connectivity index (χ3v) is 7.25. The Bertz CT molecular complexity index is 1050. The number of halogens is 1. The number of aromatic nitrogens is 2. The first-order valence-electron chi connectivity index (χ1n) is 13.2. The Morgan fingerprint density at radius 3 is 2.64 bits per heavy atom. The summed E-state index contributed by atoms with van der Waals surface area (Å²) in [6.07, 6.45) is 6.07. The molecular formula is C27H35FN4O4. The fourth-order valence-corrected chi connectivity index (χ4v) is 5.26. The van der Waals surface area contributed by atoms with Gasteiger partial charge in [0.1, 0.15) is 12.2 Å². The van der Waals surface area contributed by atoms with E-state index in [1.54, 1.807) is 11.1 Å². The first kappa shape index (κ1) is 24.7. The van der Waals surface area contributed by atoms with Crippen LogP contribution >= 0.6 is 0 Å². The minimum atomic E-state index is -1.67. The second-order valence-electron chi connectivity index (χ2n) is 9.80. The van der Waals surface area contributed by atoms with Crippen molar-refractivity contribution < 1.29 is 23.4 Å². The van der Waals surface area contributed by atoms with E-state index >= 15 is 0 Å². The number of hydrogen-bond acceptors (Lipinski definition) is 7. The van der Waals surface area contributed by atoms with E-state index < -0.39 is 5.67 Å². The number of amides is 1. The molecule has 1 saturated carbocycles. The van der Waals surface area contributed by atoms with Gasteiger partial charge in [-0.1, -0.05) is 0 Å². The molecule has 1 aliphatic carbocycles. The summed E-state index contributed by atoms with van der Waals surface area (Å²) in [5, 5.41) is 3.32. The molecule has 36 heavy (non-hydrogen) atoms. The molecule has 0 spiro atoms. The van der Waals surface area contributed by atoms with Crippen LogP contribution in [0.2, 0.25) is 0 Å². The Hall–Kier alpha value is -2.94. The maximum atomic E-state index is 15.0. The molecule has 1 amide bonds. The molecule has 0 bridgehead atoms. The van der Waals surface area contributed by atoms with E-state index in [-0.39, 0.29) is 18.1 Å². The topological polar surface area (TPSA) is 85.8 Å². The van der Waals surface area contributed by atoms with Crippen LogP contribution in [0.4, 0.5) is 4.39 Å². The van der Waals surface area contributed by atoms with Gasteiger partial charge in [-0.15, -0.1) is 0 Å². The number of nitrogens with one attached hydrogen (secondary N) is 1. The summed E-state index contributed by atoms with van der Waals surface area (Å²) in [6.45, 7) is 5.08. The van der Waals surface area contributed by atoms with E-state index in [0.717, 1.165) is 37.9 Å². The van der Waals surface area contributed by atoms with Gasteiger partial charge in [0, 0.05) is 38.7 Å². The van der Waals surface area contributed by atoms with Crippen molar-refractivity contribution in [2.45, 2.75) is 69.7 Å². The second-order valence-corrected chi connectivity index (χ2v) is 9.80. The molecule has 8 nitrogen and oxygen atoms in total. The Balaban J connectivity index is 1.30. The lowest BCUT2D eigenvalue weighted by Gasteiger charge is -2.35. The maximum Gasteiger partial charge on any atom is 0.260 e. The molecule has 194 valence electrons. The van der Waals surface area contributed by atoms with Crippen LogP contribution in [0.5, 0.6) is 17.5 Å². The molecular weight excluding hydrogens is 463 g/mol. The fraction of sp³-hybridized carbons (Fsp3) is 0.593. The molecule has 1 atom stereocenters. The van der Waals surface area contributed by atoms with E-state index in [1.165, 1.54) is 0 Å². The molecule has 5 rings (SSSR count). The zero-order valence-electron chi connectivity index (χ0n) is 20.9. The van der Waals surface area contributed by atoms with Crippen molar-refractivity contribution >= 4 is 5.91 Å². The highest BCUT2D eigenvalue weighted by molar-refractivity contribution is 5.85. The van der Waals surface area contributed by atoms with Gasteiger partial charge in [0.15, 0.2) is 11.4 Å². The number of carbonyl (C=O) groups is 1. The number of alkyl halides is 1. The number of hydrogen-bond donors (Lipinski definition) is 1. The van der Waals surface area contributed by atoms with Crippen LogP contribution in [0.1, 0.15) is 51.9 Å². The highest BCUT2D eigenvalue weighted by Crippen LogP contribution is 2.37. The molecule has 3 aliphatic rings. The van der Waals surface area contributed by atoms with Crippen molar-refractivity contribution in [1.29, 1.82) is 0 Å². The van der Waals surface area contributed by atoms with Crippen LogP contribution in [-0.4, -0.2) is 71.4 Å². The van der Waals surface area contributed by atoms with E-state index in [9.17, 15) is 9.18 Å². The lowest BCUT2D eigenvalue weighted by molar-refractivity contribution is -0.145. The van der Waals surface area contributed by atoms with Gasteiger partial charge in [-0.25, -0.2) is 14.4 Å². The van der Waals surface area contributed by atoms with Crippen LogP contribution in [0, 0.1) is 0 Å². The van der Waals surface area contributed by atoms with Crippen molar-refractivity contribution in [3.63, 3.8) is 0 Å².